The molecule has 14 heavy (non-hydrogen) atoms. The molecule has 0 saturated heterocycles. The van der Waals surface area contributed by atoms with Crippen molar-refractivity contribution in [1.82, 2.24) is 4.90 Å². The molecule has 0 N–H and O–H groups in total. The van der Waals surface area contributed by atoms with E-state index < -0.39 is 0 Å². The first-order valence-corrected chi connectivity index (χ1v) is 6.59. The number of rotatable bonds is 6. The summed E-state index contributed by atoms with van der Waals surface area (Å²) in [6.45, 7) is 9.41. The lowest BCUT2D eigenvalue weighted by atomic mass is 10.2. The molecule has 0 aromatic heterocycles. The Bertz CT molecular complexity index is 163. The van der Waals surface area contributed by atoms with Gasteiger partial charge in [0.2, 0.25) is 0 Å². The molecule has 1 aliphatic rings. The molecule has 0 heterocycles. The van der Waals surface area contributed by atoms with E-state index in [4.69, 9.17) is 4.74 Å². The zero-order valence-electron chi connectivity index (χ0n) is 9.55. The highest BCUT2D eigenvalue weighted by Crippen LogP contribution is 2.26. The van der Waals surface area contributed by atoms with E-state index >= 15 is 0 Å². The molecule has 0 radical (unpaired) electrons. The molecule has 0 aliphatic heterocycles. The summed E-state index contributed by atoms with van der Waals surface area (Å²) in [7, 11) is 0. The summed E-state index contributed by atoms with van der Waals surface area (Å²) >= 11 is 3.50. The lowest BCUT2D eigenvalue weighted by Gasteiger charge is -2.24. The van der Waals surface area contributed by atoms with Crippen LogP contribution in [-0.2, 0) is 4.74 Å². The molecule has 3 heteroatoms. The third kappa shape index (κ3) is 5.32. The van der Waals surface area contributed by atoms with Gasteiger partial charge in [0, 0.05) is 24.5 Å². The lowest BCUT2D eigenvalue weighted by molar-refractivity contribution is -0.0133. The Kier molecular flexibility index (Phi) is 4.88. The summed E-state index contributed by atoms with van der Waals surface area (Å²) < 4.78 is 5.73. The molecule has 0 aromatic carbocycles. The van der Waals surface area contributed by atoms with Crippen LogP contribution < -0.4 is 0 Å². The maximum Gasteiger partial charge on any atom is 0.0600 e. The molecule has 0 spiro atoms. The number of halogens is 1. The van der Waals surface area contributed by atoms with Crippen LogP contribution in [0.3, 0.4) is 0 Å². The van der Waals surface area contributed by atoms with E-state index in [0.29, 0.717) is 0 Å². The van der Waals surface area contributed by atoms with Crippen molar-refractivity contribution in [3.63, 3.8) is 0 Å². The van der Waals surface area contributed by atoms with Crippen molar-refractivity contribution in [1.29, 1.82) is 0 Å². The van der Waals surface area contributed by atoms with Crippen molar-refractivity contribution in [3.8, 4) is 0 Å². The van der Waals surface area contributed by atoms with E-state index in [1.165, 1.54) is 12.8 Å². The van der Waals surface area contributed by atoms with Gasteiger partial charge >= 0.3 is 0 Å². The van der Waals surface area contributed by atoms with Crippen molar-refractivity contribution < 1.29 is 4.74 Å². The molecule has 1 rings (SSSR count). The molecule has 0 unspecified atom stereocenters. The first-order valence-electron chi connectivity index (χ1n) is 5.47. The largest absolute Gasteiger partial charge is 0.375 e. The fourth-order valence-electron chi connectivity index (χ4n) is 1.49. The van der Waals surface area contributed by atoms with Crippen molar-refractivity contribution >= 4 is 15.9 Å². The quantitative estimate of drug-likeness (QED) is 0.684. The maximum absolute atomic E-state index is 5.73. The third-order valence-corrected chi connectivity index (χ3v) is 2.70. The number of hydrogen-bond acceptors (Lipinski definition) is 2. The topological polar surface area (TPSA) is 12.5 Å². The van der Waals surface area contributed by atoms with Gasteiger partial charge in [-0.25, -0.2) is 0 Å². The minimum Gasteiger partial charge on any atom is -0.375 e. The molecule has 1 saturated carbocycles. The zero-order valence-corrected chi connectivity index (χ0v) is 11.1. The molecule has 0 aromatic rings. The predicted octanol–water partition coefficient (Wildman–Crippen LogP) is 2.66. The first kappa shape index (κ1) is 12.5. The van der Waals surface area contributed by atoms with Gasteiger partial charge in [-0.15, -0.1) is 0 Å². The summed E-state index contributed by atoms with van der Waals surface area (Å²) in [5, 5.41) is 1.07. The normalized spacial score (nSPS) is 17.8. The molecule has 0 amide bonds. The average molecular weight is 264 g/mol. The molecule has 0 atom stereocenters. The highest BCUT2D eigenvalue weighted by Gasteiger charge is 2.28. The van der Waals surface area contributed by atoms with Gasteiger partial charge in [-0.2, -0.15) is 0 Å². The summed E-state index contributed by atoms with van der Waals surface area (Å²) in [4.78, 5) is 2.53. The monoisotopic (exact) mass is 263 g/mol. The van der Waals surface area contributed by atoms with E-state index in [1.54, 1.807) is 0 Å². The molecule has 2 nitrogen and oxygen atoms in total. The van der Waals surface area contributed by atoms with Crippen LogP contribution in [-0.4, -0.2) is 41.6 Å². The Morgan fingerprint density at radius 1 is 1.29 bits per heavy atom. The number of hydrogen-bond donors (Lipinski definition) is 0. The van der Waals surface area contributed by atoms with Crippen molar-refractivity contribution in [3.05, 3.63) is 0 Å². The molecular weight excluding hydrogens is 242 g/mol. The van der Waals surface area contributed by atoms with E-state index in [9.17, 15) is 0 Å². The summed E-state index contributed by atoms with van der Waals surface area (Å²) in [6.07, 6.45) is 2.75. The van der Waals surface area contributed by atoms with Crippen LogP contribution in [0, 0.1) is 0 Å². The second-order valence-electron chi connectivity index (χ2n) is 4.92. The van der Waals surface area contributed by atoms with Gasteiger partial charge < -0.3 is 4.74 Å². The average Bonchev–Trinajstić information content (AvgIpc) is 2.83. The fraction of sp³-hybridized carbons (Fsp3) is 1.00. The van der Waals surface area contributed by atoms with Gasteiger partial charge in [0.05, 0.1) is 12.2 Å². The minimum atomic E-state index is 0.00359. The first-order chi connectivity index (χ1) is 6.53. The standard InChI is InChI=1S/C11H22BrNO/c1-11(2,3)14-9-8-13(7-6-12)10-4-5-10/h10H,4-9H2,1-3H3. The highest BCUT2D eigenvalue weighted by atomic mass is 79.9. The summed E-state index contributed by atoms with van der Waals surface area (Å²) in [5.74, 6) is 0. The fourth-order valence-corrected chi connectivity index (χ4v) is 1.95. The lowest BCUT2D eigenvalue weighted by Crippen LogP contribution is -2.33. The van der Waals surface area contributed by atoms with E-state index in [-0.39, 0.29) is 5.60 Å². The molecular formula is C11H22BrNO. The number of alkyl halides is 1. The molecule has 0 bridgehead atoms. The predicted molar refractivity (Wildman–Crippen MR) is 64.1 cm³/mol. The third-order valence-electron chi connectivity index (χ3n) is 2.35. The second kappa shape index (κ2) is 5.47. The van der Waals surface area contributed by atoms with Gasteiger partial charge in [-0.1, -0.05) is 15.9 Å². The van der Waals surface area contributed by atoms with Crippen molar-refractivity contribution in [2.45, 2.75) is 45.3 Å². The highest BCUT2D eigenvalue weighted by molar-refractivity contribution is 9.09. The van der Waals surface area contributed by atoms with Crippen LogP contribution in [0.5, 0.6) is 0 Å². The van der Waals surface area contributed by atoms with Gasteiger partial charge in [-0.05, 0) is 33.6 Å². The summed E-state index contributed by atoms with van der Waals surface area (Å²) in [6, 6.07) is 0.844. The SMILES string of the molecule is CC(C)(C)OCCN(CCBr)C1CC1. The van der Waals surface area contributed by atoms with E-state index in [0.717, 1.165) is 31.1 Å². The van der Waals surface area contributed by atoms with Crippen LogP contribution in [0.2, 0.25) is 0 Å². The van der Waals surface area contributed by atoms with Gasteiger partial charge in [-0.3, -0.25) is 4.90 Å². The Morgan fingerprint density at radius 2 is 1.93 bits per heavy atom. The van der Waals surface area contributed by atoms with Gasteiger partial charge in [0.1, 0.15) is 0 Å². The van der Waals surface area contributed by atoms with Crippen LogP contribution >= 0.6 is 15.9 Å². The van der Waals surface area contributed by atoms with Crippen molar-refractivity contribution in [2.24, 2.45) is 0 Å². The Hall–Kier alpha value is 0.400. The van der Waals surface area contributed by atoms with Gasteiger partial charge in [0.15, 0.2) is 0 Å². The Morgan fingerprint density at radius 3 is 2.36 bits per heavy atom. The maximum atomic E-state index is 5.73. The molecule has 1 fully saturated rings. The molecule has 84 valence electrons. The summed E-state index contributed by atoms with van der Waals surface area (Å²) in [5.41, 5.74) is 0.00359. The Labute approximate surface area is 96.1 Å². The van der Waals surface area contributed by atoms with Crippen molar-refractivity contribution in [2.75, 3.05) is 25.0 Å². The smallest absolute Gasteiger partial charge is 0.0600 e. The minimum absolute atomic E-state index is 0.00359. The van der Waals surface area contributed by atoms with Crippen LogP contribution in [0.1, 0.15) is 33.6 Å². The van der Waals surface area contributed by atoms with Gasteiger partial charge in [0.25, 0.3) is 0 Å². The van der Waals surface area contributed by atoms with Crippen LogP contribution in [0.15, 0.2) is 0 Å². The zero-order chi connectivity index (χ0) is 10.6. The second-order valence-corrected chi connectivity index (χ2v) is 5.71. The Balaban J connectivity index is 2.13. The molecule has 1 aliphatic carbocycles. The number of nitrogens with zero attached hydrogens (tertiary/aromatic N) is 1. The van der Waals surface area contributed by atoms with E-state index in [1.807, 2.05) is 0 Å². The number of ether oxygens (including phenoxy) is 1. The van der Waals surface area contributed by atoms with Crippen LogP contribution in [0.25, 0.3) is 0 Å². The van der Waals surface area contributed by atoms with Crippen LogP contribution in [0.4, 0.5) is 0 Å². The van der Waals surface area contributed by atoms with E-state index in [2.05, 4.69) is 41.6 Å².